The third-order valence-corrected chi connectivity index (χ3v) is 8.12. The van der Waals surface area contributed by atoms with Gasteiger partial charge in [0, 0.05) is 15.8 Å². The van der Waals surface area contributed by atoms with Gasteiger partial charge in [0.2, 0.25) is 11.6 Å². The van der Waals surface area contributed by atoms with Crippen LogP contribution in [0.1, 0.15) is 60.4 Å². The van der Waals surface area contributed by atoms with Crippen molar-refractivity contribution in [3.05, 3.63) is 127 Å². The molecule has 0 bridgehead atoms. The smallest absolute Gasteiger partial charge is 0.346 e. The lowest BCUT2D eigenvalue weighted by Gasteiger charge is -2.49. The maximum Gasteiger partial charge on any atom is 0.346 e. The van der Waals surface area contributed by atoms with Gasteiger partial charge in [0.25, 0.3) is 6.04 Å². The Bertz CT molecular complexity index is 1440. The molecule has 1 N–H and O–H groups in total. The standard InChI is InChI=1S/C32H36N2O7/c1-20-13-9-11-17-23(20)26-25(19-22-15-7-6-8-16-22)32(36,30(35)41-31(3,4)5)29(34(39)40)27(28(26)33(37)38)24-18-12-10-14-21(24)2/h6-18,25-29,36H,19H2,1-5H3/t25-,26+,27-,28+,29+,32-/m1/s1. The second kappa shape index (κ2) is 11.4. The fourth-order valence-electron chi connectivity index (χ4n) is 6.43. The number of ether oxygens (including phenoxy) is 1. The third-order valence-electron chi connectivity index (χ3n) is 8.12. The molecule has 0 spiro atoms. The summed E-state index contributed by atoms with van der Waals surface area (Å²) in [7, 11) is 0. The summed E-state index contributed by atoms with van der Waals surface area (Å²) < 4.78 is 5.69. The molecule has 0 amide bonds. The van der Waals surface area contributed by atoms with Gasteiger partial charge in [-0.3, -0.25) is 20.2 Å². The first-order chi connectivity index (χ1) is 19.3. The van der Waals surface area contributed by atoms with Crippen LogP contribution < -0.4 is 0 Å². The SMILES string of the molecule is Cc1ccccc1[C@@H]1[C@H]([N+](=O)[O-])[C@@H](c2ccccc2C)[C@H]([N+](=O)[O-])[C@@](O)(C(=O)OC(C)(C)C)[C@@H]1Cc1ccccc1. The van der Waals surface area contributed by atoms with Gasteiger partial charge in [-0.25, -0.2) is 4.79 Å². The van der Waals surface area contributed by atoms with Crippen LogP contribution in [0, 0.1) is 40.0 Å². The Morgan fingerprint density at radius 2 is 1.32 bits per heavy atom. The molecule has 1 saturated carbocycles. The molecular formula is C32H36N2O7. The predicted octanol–water partition coefficient (Wildman–Crippen LogP) is 5.41. The monoisotopic (exact) mass is 560 g/mol. The van der Waals surface area contributed by atoms with Crippen LogP contribution in [-0.4, -0.2) is 44.2 Å². The molecule has 216 valence electrons. The first-order valence-corrected chi connectivity index (χ1v) is 13.6. The summed E-state index contributed by atoms with van der Waals surface area (Å²) in [5.74, 6) is -4.92. The van der Waals surface area contributed by atoms with Crippen LogP contribution in [0.25, 0.3) is 0 Å². The van der Waals surface area contributed by atoms with E-state index in [4.69, 9.17) is 4.74 Å². The topological polar surface area (TPSA) is 133 Å². The van der Waals surface area contributed by atoms with Crippen LogP contribution in [0.2, 0.25) is 0 Å². The number of hydrogen-bond donors (Lipinski definition) is 1. The van der Waals surface area contributed by atoms with E-state index in [2.05, 4.69) is 0 Å². The van der Waals surface area contributed by atoms with Gasteiger partial charge in [0.05, 0.1) is 5.92 Å². The first-order valence-electron chi connectivity index (χ1n) is 13.6. The minimum atomic E-state index is -2.71. The van der Waals surface area contributed by atoms with Crippen molar-refractivity contribution in [2.24, 2.45) is 5.92 Å². The van der Waals surface area contributed by atoms with Crippen LogP contribution in [0.15, 0.2) is 78.9 Å². The maximum atomic E-state index is 14.1. The molecule has 9 nitrogen and oxygen atoms in total. The first kappa shape index (κ1) is 29.9. The van der Waals surface area contributed by atoms with Gasteiger partial charge in [0.15, 0.2) is 0 Å². The fraction of sp³-hybridized carbons (Fsp3) is 0.406. The predicted molar refractivity (Wildman–Crippen MR) is 154 cm³/mol. The van der Waals surface area contributed by atoms with Gasteiger partial charge in [0.1, 0.15) is 11.5 Å². The van der Waals surface area contributed by atoms with E-state index in [0.29, 0.717) is 22.3 Å². The minimum absolute atomic E-state index is 0.0231. The number of carbonyl (C=O) groups is 1. The van der Waals surface area contributed by atoms with Crippen molar-refractivity contribution in [1.82, 2.24) is 0 Å². The zero-order valence-corrected chi connectivity index (χ0v) is 23.9. The Morgan fingerprint density at radius 1 is 0.829 bits per heavy atom. The average Bonchev–Trinajstić information content (AvgIpc) is 2.89. The summed E-state index contributed by atoms with van der Waals surface area (Å²) in [4.78, 5) is 39.0. The highest BCUT2D eigenvalue weighted by atomic mass is 16.6. The second-order valence-corrected chi connectivity index (χ2v) is 11.9. The molecule has 0 radical (unpaired) electrons. The molecular weight excluding hydrogens is 524 g/mol. The molecule has 1 fully saturated rings. The van der Waals surface area contributed by atoms with Gasteiger partial charge in [-0.15, -0.1) is 0 Å². The quantitative estimate of drug-likeness (QED) is 0.232. The highest BCUT2D eigenvalue weighted by molar-refractivity contribution is 5.82. The molecule has 0 aromatic heterocycles. The zero-order chi connectivity index (χ0) is 30.1. The number of benzene rings is 3. The summed E-state index contributed by atoms with van der Waals surface area (Å²) in [5, 5.41) is 38.8. The molecule has 0 saturated heterocycles. The lowest BCUT2D eigenvalue weighted by Crippen LogP contribution is -2.70. The summed E-state index contributed by atoms with van der Waals surface area (Å²) in [5.41, 5.74) is -0.908. The van der Waals surface area contributed by atoms with Gasteiger partial charge >= 0.3 is 5.97 Å². The number of nitrogens with zero attached hydrogens (tertiary/aromatic N) is 2. The number of aryl methyl sites for hydroxylation is 2. The summed E-state index contributed by atoms with van der Waals surface area (Å²) in [6.45, 7) is 8.36. The Hall–Kier alpha value is -4.11. The van der Waals surface area contributed by atoms with Crippen molar-refractivity contribution in [3.63, 3.8) is 0 Å². The van der Waals surface area contributed by atoms with Crippen LogP contribution in [0.4, 0.5) is 0 Å². The van der Waals surface area contributed by atoms with Gasteiger partial charge in [-0.2, -0.15) is 0 Å². The second-order valence-electron chi connectivity index (χ2n) is 11.9. The van der Waals surface area contributed by atoms with Crippen LogP contribution in [0.3, 0.4) is 0 Å². The molecule has 6 atom stereocenters. The molecule has 0 heterocycles. The maximum absolute atomic E-state index is 14.1. The Morgan fingerprint density at radius 3 is 1.78 bits per heavy atom. The highest BCUT2D eigenvalue weighted by Crippen LogP contribution is 2.54. The molecule has 4 rings (SSSR count). The van der Waals surface area contributed by atoms with Gasteiger partial charge in [-0.1, -0.05) is 78.9 Å². The summed E-state index contributed by atoms with van der Waals surface area (Å²) in [6.07, 6.45) is -0.0231. The largest absolute Gasteiger partial charge is 0.458 e. The molecule has 9 heteroatoms. The minimum Gasteiger partial charge on any atom is -0.458 e. The molecule has 3 aromatic carbocycles. The zero-order valence-electron chi connectivity index (χ0n) is 23.9. The van der Waals surface area contributed by atoms with Crippen LogP contribution in [0.5, 0.6) is 0 Å². The Labute approximate surface area is 239 Å². The molecule has 1 aliphatic carbocycles. The van der Waals surface area contributed by atoms with E-state index in [1.165, 1.54) is 0 Å². The Balaban J connectivity index is 2.12. The number of carbonyl (C=O) groups excluding carboxylic acids is 1. The van der Waals surface area contributed by atoms with Gasteiger partial charge < -0.3 is 9.84 Å². The van der Waals surface area contributed by atoms with E-state index >= 15 is 0 Å². The summed E-state index contributed by atoms with van der Waals surface area (Å²) in [6, 6.07) is 19.1. The molecule has 0 unspecified atom stereocenters. The van der Waals surface area contributed by atoms with E-state index in [9.17, 15) is 30.1 Å². The number of hydrogen-bond acceptors (Lipinski definition) is 7. The molecule has 0 aliphatic heterocycles. The van der Waals surface area contributed by atoms with Crippen molar-refractivity contribution >= 4 is 5.97 Å². The lowest BCUT2D eigenvalue weighted by molar-refractivity contribution is -0.594. The van der Waals surface area contributed by atoms with Gasteiger partial charge in [-0.05, 0) is 68.9 Å². The van der Waals surface area contributed by atoms with Crippen molar-refractivity contribution < 1.29 is 24.5 Å². The van der Waals surface area contributed by atoms with Crippen molar-refractivity contribution in [1.29, 1.82) is 0 Å². The van der Waals surface area contributed by atoms with Crippen LogP contribution in [-0.2, 0) is 16.0 Å². The van der Waals surface area contributed by atoms with E-state index in [1.54, 1.807) is 113 Å². The average molecular weight is 561 g/mol. The van der Waals surface area contributed by atoms with Crippen LogP contribution >= 0.6 is 0 Å². The van der Waals surface area contributed by atoms with Crippen molar-refractivity contribution in [2.75, 3.05) is 0 Å². The number of nitro groups is 2. The third kappa shape index (κ3) is 5.72. The molecule has 1 aliphatic rings. The fourth-order valence-corrected chi connectivity index (χ4v) is 6.43. The highest BCUT2D eigenvalue weighted by Gasteiger charge is 2.73. The number of aliphatic hydroxyl groups is 1. The summed E-state index contributed by atoms with van der Waals surface area (Å²) >= 11 is 0. The Kier molecular flexibility index (Phi) is 8.31. The van der Waals surface area contributed by atoms with E-state index in [0.717, 1.165) is 5.56 Å². The number of esters is 1. The molecule has 3 aromatic rings. The van der Waals surface area contributed by atoms with E-state index in [1.807, 2.05) is 0 Å². The lowest BCUT2D eigenvalue weighted by atomic mass is 9.55. The van der Waals surface area contributed by atoms with E-state index < -0.39 is 56.9 Å². The normalized spacial score (nSPS) is 26.2. The van der Waals surface area contributed by atoms with E-state index in [-0.39, 0.29) is 6.42 Å². The number of rotatable bonds is 7. The van der Waals surface area contributed by atoms with Crippen molar-refractivity contribution in [2.45, 2.75) is 76.2 Å². The van der Waals surface area contributed by atoms with Crippen molar-refractivity contribution in [3.8, 4) is 0 Å². The molecule has 41 heavy (non-hydrogen) atoms.